The fourth-order valence-electron chi connectivity index (χ4n) is 1.30. The Balaban J connectivity index is 2.98. The van der Waals surface area contributed by atoms with Gasteiger partial charge >= 0.3 is 0 Å². The molecule has 0 aliphatic carbocycles. The zero-order valence-corrected chi connectivity index (χ0v) is 7.95. The van der Waals surface area contributed by atoms with Gasteiger partial charge in [0.15, 0.2) is 0 Å². The molecule has 1 rings (SSSR count). The van der Waals surface area contributed by atoms with Gasteiger partial charge in [-0.1, -0.05) is 12.1 Å². The number of aldehydes is 2. The van der Waals surface area contributed by atoms with Crippen LogP contribution in [0.25, 0.3) is 0 Å². The first-order valence-electron chi connectivity index (χ1n) is 4.49. The van der Waals surface area contributed by atoms with E-state index in [1.54, 1.807) is 0 Å². The maximum Gasteiger partial charge on any atom is 0.263 e. The monoisotopic (exact) mass is 212 g/mol. The molecule has 0 saturated heterocycles. The minimum atomic E-state index is -2.58. The van der Waals surface area contributed by atoms with E-state index in [0.717, 1.165) is 12.4 Å². The van der Waals surface area contributed by atoms with Crippen LogP contribution in [0.5, 0.6) is 0 Å². The van der Waals surface area contributed by atoms with Gasteiger partial charge in [0.2, 0.25) is 0 Å². The van der Waals surface area contributed by atoms with Gasteiger partial charge in [-0.15, -0.1) is 0 Å². The lowest BCUT2D eigenvalue weighted by molar-refractivity contribution is -0.107. The van der Waals surface area contributed by atoms with Gasteiger partial charge < -0.3 is 4.79 Å². The van der Waals surface area contributed by atoms with Gasteiger partial charge in [-0.25, -0.2) is 8.78 Å². The summed E-state index contributed by atoms with van der Waals surface area (Å²) in [4.78, 5) is 20.8. The number of carbonyl (C=O) groups excluding carboxylic acids is 2. The summed E-state index contributed by atoms with van der Waals surface area (Å²) in [6.07, 6.45) is -0.624. The topological polar surface area (TPSA) is 34.1 Å². The van der Waals surface area contributed by atoms with Crippen molar-refractivity contribution in [3.63, 3.8) is 0 Å². The van der Waals surface area contributed by atoms with E-state index in [0.29, 0.717) is 18.3 Å². The number of hydrogen-bond acceptors (Lipinski definition) is 2. The molecule has 0 unspecified atom stereocenters. The van der Waals surface area contributed by atoms with Crippen molar-refractivity contribution < 1.29 is 18.4 Å². The summed E-state index contributed by atoms with van der Waals surface area (Å²) in [5.74, 6) is 0. The first-order chi connectivity index (χ1) is 7.19. The van der Waals surface area contributed by atoms with Crippen LogP contribution in [0.1, 0.15) is 34.3 Å². The standard InChI is InChI=1S/C11H10F2O2/c12-11(13)9-4-3-8(2-1-5-14)10(6-9)7-15/h3-7,11H,1-2H2. The van der Waals surface area contributed by atoms with E-state index in [4.69, 9.17) is 0 Å². The first-order valence-corrected chi connectivity index (χ1v) is 4.49. The summed E-state index contributed by atoms with van der Waals surface area (Å²) in [6, 6.07) is 3.91. The number of alkyl halides is 2. The normalized spacial score (nSPS) is 10.3. The lowest BCUT2D eigenvalue weighted by atomic mass is 10.0. The highest BCUT2D eigenvalue weighted by atomic mass is 19.3. The zero-order valence-electron chi connectivity index (χ0n) is 7.95. The molecule has 0 atom stereocenters. The van der Waals surface area contributed by atoms with Gasteiger partial charge in [0.25, 0.3) is 6.43 Å². The van der Waals surface area contributed by atoms with Crippen LogP contribution >= 0.6 is 0 Å². The van der Waals surface area contributed by atoms with Crippen LogP contribution in [0, 0.1) is 0 Å². The summed E-state index contributed by atoms with van der Waals surface area (Å²) >= 11 is 0. The molecule has 0 amide bonds. The quantitative estimate of drug-likeness (QED) is 0.703. The lowest BCUT2D eigenvalue weighted by Crippen LogP contribution is -1.96. The second-order valence-corrected chi connectivity index (χ2v) is 3.08. The average Bonchev–Trinajstić information content (AvgIpc) is 2.25. The number of carbonyl (C=O) groups is 2. The van der Waals surface area contributed by atoms with E-state index in [-0.39, 0.29) is 17.5 Å². The largest absolute Gasteiger partial charge is 0.303 e. The van der Waals surface area contributed by atoms with E-state index >= 15 is 0 Å². The molecule has 0 aliphatic heterocycles. The summed E-state index contributed by atoms with van der Waals surface area (Å²) < 4.78 is 24.6. The summed E-state index contributed by atoms with van der Waals surface area (Å²) in [6.45, 7) is 0. The molecule has 0 bridgehead atoms. The number of aryl methyl sites for hydroxylation is 1. The van der Waals surface area contributed by atoms with Crippen molar-refractivity contribution in [1.82, 2.24) is 0 Å². The molecule has 0 aliphatic rings. The number of hydrogen-bond donors (Lipinski definition) is 0. The Hall–Kier alpha value is -1.58. The van der Waals surface area contributed by atoms with Crippen LogP contribution in [0.3, 0.4) is 0 Å². The Kier molecular flexibility index (Phi) is 4.09. The molecule has 1 aromatic carbocycles. The predicted octanol–water partition coefficient (Wildman–Crippen LogP) is 2.57. The molecule has 80 valence electrons. The molecule has 4 heteroatoms. The zero-order chi connectivity index (χ0) is 11.3. The van der Waals surface area contributed by atoms with E-state index in [2.05, 4.69) is 0 Å². The minimum Gasteiger partial charge on any atom is -0.303 e. The lowest BCUT2D eigenvalue weighted by Gasteiger charge is -2.05. The van der Waals surface area contributed by atoms with Crippen LogP contribution in [-0.2, 0) is 11.2 Å². The Morgan fingerprint density at radius 1 is 1.27 bits per heavy atom. The van der Waals surface area contributed by atoms with Gasteiger partial charge in [-0.3, -0.25) is 4.79 Å². The Morgan fingerprint density at radius 2 is 2.00 bits per heavy atom. The molecule has 0 spiro atoms. The molecule has 0 saturated carbocycles. The van der Waals surface area contributed by atoms with Crippen LogP contribution < -0.4 is 0 Å². The predicted molar refractivity (Wildman–Crippen MR) is 51.2 cm³/mol. The number of benzene rings is 1. The van der Waals surface area contributed by atoms with Crippen molar-refractivity contribution in [2.24, 2.45) is 0 Å². The molecule has 15 heavy (non-hydrogen) atoms. The van der Waals surface area contributed by atoms with Crippen molar-refractivity contribution in [2.45, 2.75) is 19.3 Å². The van der Waals surface area contributed by atoms with Gasteiger partial charge in [0, 0.05) is 17.5 Å². The molecule has 0 heterocycles. The molecule has 1 aromatic rings. The number of rotatable bonds is 5. The maximum absolute atomic E-state index is 12.3. The van der Waals surface area contributed by atoms with Gasteiger partial charge in [-0.05, 0) is 18.1 Å². The van der Waals surface area contributed by atoms with E-state index in [1.807, 2.05) is 0 Å². The second-order valence-electron chi connectivity index (χ2n) is 3.08. The highest BCUT2D eigenvalue weighted by Gasteiger charge is 2.09. The fraction of sp³-hybridized carbons (Fsp3) is 0.273. The van der Waals surface area contributed by atoms with Crippen molar-refractivity contribution >= 4 is 12.6 Å². The van der Waals surface area contributed by atoms with Crippen molar-refractivity contribution in [3.05, 3.63) is 34.9 Å². The van der Waals surface area contributed by atoms with Crippen LogP contribution in [0.15, 0.2) is 18.2 Å². The molecule has 2 nitrogen and oxygen atoms in total. The highest BCUT2D eigenvalue weighted by Crippen LogP contribution is 2.21. The van der Waals surface area contributed by atoms with Crippen LogP contribution in [0.2, 0.25) is 0 Å². The third-order valence-corrected chi connectivity index (χ3v) is 2.08. The third-order valence-electron chi connectivity index (χ3n) is 2.08. The van der Waals surface area contributed by atoms with Gasteiger partial charge in [0.05, 0.1) is 0 Å². The van der Waals surface area contributed by atoms with E-state index < -0.39 is 6.43 Å². The Bertz CT molecular complexity index is 362. The Labute approximate surface area is 85.9 Å². The SMILES string of the molecule is O=CCCc1ccc(C(F)F)cc1C=O. The second kappa shape index (κ2) is 5.34. The highest BCUT2D eigenvalue weighted by molar-refractivity contribution is 5.77. The average molecular weight is 212 g/mol. The molecular weight excluding hydrogens is 202 g/mol. The molecule has 0 aromatic heterocycles. The minimum absolute atomic E-state index is 0.174. The van der Waals surface area contributed by atoms with Gasteiger partial charge in [0.1, 0.15) is 12.6 Å². The summed E-state index contributed by atoms with van der Waals surface area (Å²) in [7, 11) is 0. The first kappa shape index (κ1) is 11.5. The van der Waals surface area contributed by atoms with Crippen LogP contribution in [0.4, 0.5) is 8.78 Å². The van der Waals surface area contributed by atoms with E-state index in [9.17, 15) is 18.4 Å². The van der Waals surface area contributed by atoms with E-state index in [1.165, 1.54) is 12.1 Å². The van der Waals surface area contributed by atoms with Crippen LogP contribution in [-0.4, -0.2) is 12.6 Å². The third kappa shape index (κ3) is 2.94. The molecule has 0 radical (unpaired) electrons. The molecular formula is C11H10F2O2. The summed E-state index contributed by atoms with van der Waals surface area (Å²) in [5, 5.41) is 0. The molecule has 0 fully saturated rings. The number of halogens is 2. The van der Waals surface area contributed by atoms with Gasteiger partial charge in [-0.2, -0.15) is 0 Å². The fourth-order valence-corrected chi connectivity index (χ4v) is 1.30. The van der Waals surface area contributed by atoms with Crippen molar-refractivity contribution in [1.29, 1.82) is 0 Å². The smallest absolute Gasteiger partial charge is 0.263 e. The van der Waals surface area contributed by atoms with Crippen molar-refractivity contribution in [3.8, 4) is 0 Å². The molecule has 0 N–H and O–H groups in total. The summed E-state index contributed by atoms with van der Waals surface area (Å²) in [5.41, 5.74) is 0.683. The Morgan fingerprint density at radius 3 is 2.53 bits per heavy atom. The van der Waals surface area contributed by atoms with Crippen molar-refractivity contribution in [2.75, 3.05) is 0 Å². The maximum atomic E-state index is 12.3.